The number of nitrogen functional groups attached to an aromatic ring is 1. The molecule has 1 amide bonds. The molecular weight excluding hydrogens is 550 g/mol. The van der Waals surface area contributed by atoms with Crippen molar-refractivity contribution < 1.29 is 4.79 Å². The SMILES string of the molecule is C=CC(=O)N1CCC2(CC1)CC(NC1CCc3cc(-n4c(-c5cccnc5N)nc5ccc(-n6cccn6)nc54)ccc31)C2. The number of nitrogens with one attached hydrogen (secondary N) is 1. The highest BCUT2D eigenvalue weighted by molar-refractivity contribution is 5.87. The molecule has 1 spiro atoms. The first-order chi connectivity index (χ1) is 21.5. The number of pyridine rings is 2. The maximum Gasteiger partial charge on any atom is 0.245 e. The summed E-state index contributed by atoms with van der Waals surface area (Å²) in [5.74, 6) is 1.92. The van der Waals surface area contributed by atoms with Crippen molar-refractivity contribution >= 4 is 22.9 Å². The second kappa shape index (κ2) is 10.4. The summed E-state index contributed by atoms with van der Waals surface area (Å²) < 4.78 is 3.85. The van der Waals surface area contributed by atoms with Crippen LogP contribution in [-0.4, -0.2) is 59.2 Å². The third-order valence-electron chi connectivity index (χ3n) is 9.88. The molecule has 1 saturated carbocycles. The molecule has 0 bridgehead atoms. The van der Waals surface area contributed by atoms with Crippen LogP contribution in [0.5, 0.6) is 0 Å². The minimum Gasteiger partial charge on any atom is -0.383 e. The molecule has 4 aromatic heterocycles. The van der Waals surface area contributed by atoms with Crippen LogP contribution in [0.15, 0.2) is 79.8 Å². The van der Waals surface area contributed by atoms with Crippen molar-refractivity contribution in [2.24, 2.45) is 5.41 Å². The van der Waals surface area contributed by atoms with E-state index in [-0.39, 0.29) is 5.91 Å². The van der Waals surface area contributed by atoms with E-state index >= 15 is 0 Å². The van der Waals surface area contributed by atoms with Gasteiger partial charge in [-0.05, 0) is 104 Å². The zero-order chi connectivity index (χ0) is 29.8. The fourth-order valence-electron chi connectivity index (χ4n) is 7.55. The second-order valence-corrected chi connectivity index (χ2v) is 12.4. The first-order valence-electron chi connectivity index (χ1n) is 15.4. The molecule has 0 radical (unpaired) electrons. The van der Waals surface area contributed by atoms with Crippen LogP contribution in [0.25, 0.3) is 34.1 Å². The first-order valence-corrected chi connectivity index (χ1v) is 15.4. The van der Waals surface area contributed by atoms with Gasteiger partial charge in [0.05, 0.1) is 5.56 Å². The van der Waals surface area contributed by atoms with E-state index in [1.807, 2.05) is 41.4 Å². The van der Waals surface area contributed by atoms with Gasteiger partial charge < -0.3 is 16.0 Å². The number of carbonyl (C=O) groups excluding carboxylic acids is 1. The Morgan fingerprint density at radius 3 is 2.70 bits per heavy atom. The van der Waals surface area contributed by atoms with Gasteiger partial charge in [-0.1, -0.05) is 12.6 Å². The van der Waals surface area contributed by atoms with Crippen molar-refractivity contribution in [2.45, 2.75) is 50.6 Å². The quantitative estimate of drug-likeness (QED) is 0.275. The Labute approximate surface area is 255 Å². The lowest BCUT2D eigenvalue weighted by molar-refractivity contribution is -0.129. The fraction of sp³-hybridized carbons (Fsp3) is 0.324. The number of benzene rings is 1. The van der Waals surface area contributed by atoms with Crippen LogP contribution in [0.3, 0.4) is 0 Å². The van der Waals surface area contributed by atoms with Crippen molar-refractivity contribution in [3.05, 3.63) is 90.9 Å². The Morgan fingerprint density at radius 2 is 1.93 bits per heavy atom. The van der Waals surface area contributed by atoms with Crippen molar-refractivity contribution in [3.63, 3.8) is 0 Å². The number of hydrogen-bond acceptors (Lipinski definition) is 7. The summed E-state index contributed by atoms with van der Waals surface area (Å²) in [6.07, 6.45) is 13.4. The van der Waals surface area contributed by atoms with Gasteiger partial charge in [0.1, 0.15) is 11.3 Å². The number of aromatic nitrogens is 6. The second-order valence-electron chi connectivity index (χ2n) is 12.4. The summed E-state index contributed by atoms with van der Waals surface area (Å²) in [6, 6.07) is 17.2. The highest BCUT2D eigenvalue weighted by Crippen LogP contribution is 2.50. The molecule has 5 heterocycles. The summed E-state index contributed by atoms with van der Waals surface area (Å²) >= 11 is 0. The molecule has 10 nitrogen and oxygen atoms in total. The van der Waals surface area contributed by atoms with Gasteiger partial charge in [0.2, 0.25) is 5.91 Å². The zero-order valence-electron chi connectivity index (χ0n) is 24.6. The van der Waals surface area contributed by atoms with Gasteiger partial charge in [0.15, 0.2) is 17.3 Å². The van der Waals surface area contributed by atoms with E-state index < -0.39 is 0 Å². The molecule has 1 aromatic carbocycles. The van der Waals surface area contributed by atoms with Gasteiger partial charge in [-0.3, -0.25) is 9.36 Å². The maximum atomic E-state index is 12.0. The summed E-state index contributed by atoms with van der Waals surface area (Å²) in [5, 5.41) is 8.35. The molecule has 10 heteroatoms. The summed E-state index contributed by atoms with van der Waals surface area (Å²) in [5.41, 5.74) is 12.7. The van der Waals surface area contributed by atoms with Crippen LogP contribution in [0.4, 0.5) is 5.82 Å². The predicted octanol–water partition coefficient (Wildman–Crippen LogP) is 4.78. The molecule has 8 rings (SSSR count). The van der Waals surface area contributed by atoms with Gasteiger partial charge in [0, 0.05) is 49.5 Å². The van der Waals surface area contributed by atoms with Crippen LogP contribution in [0, 0.1) is 5.41 Å². The predicted molar refractivity (Wildman–Crippen MR) is 169 cm³/mol. The summed E-state index contributed by atoms with van der Waals surface area (Å²) in [6.45, 7) is 5.34. The smallest absolute Gasteiger partial charge is 0.245 e. The Balaban J connectivity index is 1.07. The summed E-state index contributed by atoms with van der Waals surface area (Å²) in [7, 11) is 0. The molecule has 1 atom stereocenters. The monoisotopic (exact) mass is 585 g/mol. The van der Waals surface area contributed by atoms with Gasteiger partial charge in [-0.25, -0.2) is 19.6 Å². The number of aryl methyl sites for hydroxylation is 1. The average molecular weight is 586 g/mol. The first kappa shape index (κ1) is 26.8. The molecule has 1 aliphatic heterocycles. The molecule has 222 valence electrons. The number of piperidine rings is 1. The van der Waals surface area contributed by atoms with E-state index in [4.69, 9.17) is 15.7 Å². The Morgan fingerprint density at radius 1 is 1.07 bits per heavy atom. The lowest BCUT2D eigenvalue weighted by atomic mass is 9.60. The average Bonchev–Trinajstić information content (AvgIpc) is 3.79. The van der Waals surface area contributed by atoms with Gasteiger partial charge in [0.25, 0.3) is 0 Å². The van der Waals surface area contributed by atoms with Crippen molar-refractivity contribution in [3.8, 4) is 22.9 Å². The van der Waals surface area contributed by atoms with Crippen LogP contribution >= 0.6 is 0 Å². The minimum atomic E-state index is 0.0598. The largest absolute Gasteiger partial charge is 0.383 e. The normalized spacial score (nSPS) is 19.3. The number of imidazole rings is 1. The van der Waals surface area contributed by atoms with E-state index in [1.165, 1.54) is 30.0 Å². The number of hydrogen-bond donors (Lipinski definition) is 2. The Hall–Kier alpha value is -4.83. The number of fused-ring (bicyclic) bond motifs is 2. The molecule has 1 unspecified atom stereocenters. The van der Waals surface area contributed by atoms with Crippen LogP contribution < -0.4 is 11.1 Å². The highest BCUT2D eigenvalue weighted by Gasteiger charge is 2.47. The number of amides is 1. The molecule has 2 aliphatic carbocycles. The molecule has 5 aromatic rings. The van der Waals surface area contributed by atoms with E-state index in [1.54, 1.807) is 17.1 Å². The number of rotatable bonds is 6. The van der Waals surface area contributed by atoms with E-state index in [2.05, 4.69) is 44.7 Å². The van der Waals surface area contributed by atoms with Crippen LogP contribution in [0.1, 0.15) is 49.3 Å². The highest BCUT2D eigenvalue weighted by atomic mass is 16.2. The van der Waals surface area contributed by atoms with E-state index in [9.17, 15) is 4.79 Å². The van der Waals surface area contributed by atoms with Crippen molar-refractivity contribution in [1.82, 2.24) is 39.5 Å². The molecule has 2 fully saturated rings. The topological polar surface area (TPSA) is 120 Å². The Kier molecular flexibility index (Phi) is 6.33. The van der Waals surface area contributed by atoms with Gasteiger partial charge in [-0.15, -0.1) is 0 Å². The fourth-order valence-corrected chi connectivity index (χ4v) is 7.55. The standard InChI is InChI=1S/C34H35N9O/c1-2-30(44)41-17-12-34(13-18-41)20-23(21-34)38-27-9-6-22-19-24(7-8-25(22)27)43-32(26-5-3-14-36-31(26)35)39-28-10-11-29(40-33(28)43)42-16-4-15-37-42/h2-5,7-8,10-11,14-16,19,23,27,38H,1,6,9,12-13,17-18,20-21H2,(H2,35,36). The Bertz CT molecular complexity index is 1880. The van der Waals surface area contributed by atoms with Crippen molar-refractivity contribution in [2.75, 3.05) is 18.8 Å². The number of carbonyl (C=O) groups is 1. The minimum absolute atomic E-state index is 0.0598. The van der Waals surface area contributed by atoms with Gasteiger partial charge >= 0.3 is 0 Å². The lowest BCUT2D eigenvalue weighted by Crippen LogP contribution is -2.54. The maximum absolute atomic E-state index is 12.0. The number of nitrogens with two attached hydrogens (primary N) is 1. The molecule has 44 heavy (non-hydrogen) atoms. The third kappa shape index (κ3) is 4.48. The zero-order valence-corrected chi connectivity index (χ0v) is 24.6. The third-order valence-corrected chi connectivity index (χ3v) is 9.88. The van der Waals surface area contributed by atoms with Gasteiger partial charge in [-0.2, -0.15) is 5.10 Å². The van der Waals surface area contributed by atoms with Crippen molar-refractivity contribution in [1.29, 1.82) is 0 Å². The van der Waals surface area contributed by atoms with E-state index in [0.29, 0.717) is 29.1 Å². The van der Waals surface area contributed by atoms with Crippen LogP contribution in [0.2, 0.25) is 0 Å². The molecule has 1 saturated heterocycles. The molecular formula is C34H35N9O. The number of nitrogens with zero attached hydrogens (tertiary/aromatic N) is 7. The lowest BCUT2D eigenvalue weighted by Gasteiger charge is -2.53. The molecule has 3 aliphatic rings. The summed E-state index contributed by atoms with van der Waals surface area (Å²) in [4.78, 5) is 28.3. The number of anilines is 1. The van der Waals surface area contributed by atoms with Crippen LogP contribution in [-0.2, 0) is 11.2 Å². The molecule has 3 N–H and O–H groups in total. The van der Waals surface area contributed by atoms with E-state index in [0.717, 1.165) is 67.0 Å². The number of likely N-dealkylation sites (tertiary alicyclic amines) is 1.